The van der Waals surface area contributed by atoms with Crippen molar-refractivity contribution in [3.8, 4) is 22.9 Å². The van der Waals surface area contributed by atoms with E-state index in [1.54, 1.807) is 6.20 Å². The molecule has 0 unspecified atom stereocenters. The average Bonchev–Trinajstić information content (AvgIpc) is 3.17. The number of ether oxygens (including phenoxy) is 1. The average molecular weight is 393 g/mol. The van der Waals surface area contributed by atoms with Gasteiger partial charge in [0.1, 0.15) is 17.3 Å². The molecule has 0 aliphatic rings. The van der Waals surface area contributed by atoms with Gasteiger partial charge in [-0.15, -0.1) is 0 Å². The molecule has 148 valence electrons. The lowest BCUT2D eigenvalue weighted by Crippen LogP contribution is -2.10. The molecule has 30 heavy (non-hydrogen) atoms. The lowest BCUT2D eigenvalue weighted by Gasteiger charge is -2.18. The van der Waals surface area contributed by atoms with Crippen molar-refractivity contribution in [2.24, 2.45) is 0 Å². The Hall–Kier alpha value is -3.66. The van der Waals surface area contributed by atoms with Crippen molar-refractivity contribution in [2.75, 3.05) is 0 Å². The predicted molar refractivity (Wildman–Crippen MR) is 122 cm³/mol. The Bertz CT molecular complexity index is 1340. The van der Waals surface area contributed by atoms with Gasteiger partial charge in [0.25, 0.3) is 0 Å². The Morgan fingerprint density at radius 1 is 0.833 bits per heavy atom. The first-order valence-corrected chi connectivity index (χ1v) is 10.1. The number of pyridine rings is 1. The van der Waals surface area contributed by atoms with E-state index in [1.165, 1.54) is 5.56 Å². The molecule has 0 saturated heterocycles. The molecule has 0 bridgehead atoms. The van der Waals surface area contributed by atoms with Crippen molar-refractivity contribution in [1.82, 2.24) is 15.0 Å². The third kappa shape index (κ3) is 3.41. The van der Waals surface area contributed by atoms with Crippen LogP contribution in [0.2, 0.25) is 0 Å². The van der Waals surface area contributed by atoms with Crippen LogP contribution in [-0.4, -0.2) is 15.0 Å². The number of aromatic nitrogens is 3. The number of hydrogen-bond acceptors (Lipinski definition) is 3. The number of nitrogens with one attached hydrogen (secondary N) is 1. The van der Waals surface area contributed by atoms with Crippen LogP contribution in [0.5, 0.6) is 11.5 Å². The van der Waals surface area contributed by atoms with Crippen LogP contribution in [0.3, 0.4) is 0 Å². The number of aromatic amines is 1. The fourth-order valence-corrected chi connectivity index (χ4v) is 3.60. The Labute approximate surface area is 175 Å². The minimum absolute atomic E-state index is 0.135. The zero-order chi connectivity index (χ0) is 20.7. The van der Waals surface area contributed by atoms with E-state index >= 15 is 0 Å². The molecule has 2 heterocycles. The molecule has 0 radical (unpaired) electrons. The number of fused-ring (bicyclic) bond motifs is 2. The van der Waals surface area contributed by atoms with Gasteiger partial charge in [-0.3, -0.25) is 4.98 Å². The fraction of sp³-hybridized carbons (Fsp3) is 0.154. The Morgan fingerprint density at radius 2 is 1.63 bits per heavy atom. The van der Waals surface area contributed by atoms with E-state index < -0.39 is 0 Å². The van der Waals surface area contributed by atoms with Gasteiger partial charge in [0.05, 0.1) is 16.6 Å². The number of hydrogen-bond donors (Lipinski definition) is 1. The smallest absolute Gasteiger partial charge is 0.138 e. The van der Waals surface area contributed by atoms with Gasteiger partial charge in [-0.2, -0.15) is 0 Å². The zero-order valence-electron chi connectivity index (χ0n) is 17.3. The highest BCUT2D eigenvalue weighted by atomic mass is 16.5. The summed E-state index contributed by atoms with van der Waals surface area (Å²) in [5.41, 5.74) is 5.29. The quantitative estimate of drug-likeness (QED) is 0.364. The summed E-state index contributed by atoms with van der Waals surface area (Å²) in [6.45, 7) is 6.66. The highest BCUT2D eigenvalue weighted by Crippen LogP contribution is 2.31. The van der Waals surface area contributed by atoms with Crippen LogP contribution in [0.25, 0.3) is 33.3 Å². The first-order chi connectivity index (χ1) is 14.5. The van der Waals surface area contributed by atoms with E-state index in [4.69, 9.17) is 9.72 Å². The number of nitrogens with zero attached hydrogens (tertiary/aromatic N) is 2. The van der Waals surface area contributed by atoms with Crippen molar-refractivity contribution in [3.05, 3.63) is 84.6 Å². The molecule has 5 rings (SSSR count). The Kier molecular flexibility index (Phi) is 4.28. The Morgan fingerprint density at radius 3 is 2.43 bits per heavy atom. The summed E-state index contributed by atoms with van der Waals surface area (Å²) in [5.74, 6) is 2.41. The number of H-pyrrole nitrogens is 1. The fourth-order valence-electron chi connectivity index (χ4n) is 3.60. The standard InChI is InChI=1S/C26H23N3O/c1-26(2,3)18-10-8-17(9-11-18)25-28-22-13-12-19(16-23(22)29-25)30-24-14-15-27-21-7-5-4-6-20(21)24/h4-16H,1-3H3,(H,28,29). The molecule has 1 N–H and O–H groups in total. The molecule has 0 spiro atoms. The molecular weight excluding hydrogens is 370 g/mol. The maximum Gasteiger partial charge on any atom is 0.138 e. The number of imidazole rings is 1. The molecule has 0 aliphatic carbocycles. The number of rotatable bonds is 3. The predicted octanol–water partition coefficient (Wildman–Crippen LogP) is 6.87. The summed E-state index contributed by atoms with van der Waals surface area (Å²) in [7, 11) is 0. The van der Waals surface area contributed by atoms with Gasteiger partial charge >= 0.3 is 0 Å². The van der Waals surface area contributed by atoms with Crippen LogP contribution in [0.4, 0.5) is 0 Å². The summed E-state index contributed by atoms with van der Waals surface area (Å²) in [6, 6.07) is 24.4. The second-order valence-corrected chi connectivity index (χ2v) is 8.52. The topological polar surface area (TPSA) is 50.8 Å². The number of benzene rings is 3. The van der Waals surface area contributed by atoms with Gasteiger partial charge < -0.3 is 9.72 Å². The highest BCUT2D eigenvalue weighted by Gasteiger charge is 2.14. The van der Waals surface area contributed by atoms with E-state index in [1.807, 2.05) is 48.5 Å². The second kappa shape index (κ2) is 6.99. The van der Waals surface area contributed by atoms with E-state index in [-0.39, 0.29) is 5.41 Å². The summed E-state index contributed by atoms with van der Waals surface area (Å²) < 4.78 is 6.18. The van der Waals surface area contributed by atoms with E-state index in [0.29, 0.717) is 0 Å². The SMILES string of the molecule is CC(C)(C)c1ccc(-c2nc3ccc(Oc4ccnc5ccccc45)cc3[nH]2)cc1. The summed E-state index contributed by atoms with van der Waals surface area (Å²) >= 11 is 0. The van der Waals surface area contributed by atoms with Gasteiger partial charge in [0.15, 0.2) is 0 Å². The molecule has 0 aliphatic heterocycles. The van der Waals surface area contributed by atoms with Crippen LogP contribution >= 0.6 is 0 Å². The molecule has 3 aromatic carbocycles. The van der Waals surface area contributed by atoms with Crippen LogP contribution < -0.4 is 4.74 Å². The van der Waals surface area contributed by atoms with Crippen molar-refractivity contribution >= 4 is 21.9 Å². The minimum Gasteiger partial charge on any atom is -0.457 e. The molecule has 4 nitrogen and oxygen atoms in total. The van der Waals surface area contributed by atoms with Crippen LogP contribution in [0.1, 0.15) is 26.3 Å². The van der Waals surface area contributed by atoms with Crippen LogP contribution in [0, 0.1) is 0 Å². The van der Waals surface area contributed by atoms with Gasteiger partial charge in [-0.05, 0) is 41.3 Å². The molecule has 5 aromatic rings. The van der Waals surface area contributed by atoms with Crippen molar-refractivity contribution in [3.63, 3.8) is 0 Å². The van der Waals surface area contributed by atoms with E-state index in [0.717, 1.165) is 44.8 Å². The van der Waals surface area contributed by atoms with Crippen LogP contribution in [0.15, 0.2) is 79.0 Å². The minimum atomic E-state index is 0.135. The largest absolute Gasteiger partial charge is 0.457 e. The third-order valence-electron chi connectivity index (χ3n) is 5.31. The summed E-state index contributed by atoms with van der Waals surface area (Å²) in [4.78, 5) is 12.6. The summed E-state index contributed by atoms with van der Waals surface area (Å²) in [5, 5.41) is 0.990. The third-order valence-corrected chi connectivity index (χ3v) is 5.31. The van der Waals surface area contributed by atoms with Crippen molar-refractivity contribution in [2.45, 2.75) is 26.2 Å². The second-order valence-electron chi connectivity index (χ2n) is 8.52. The zero-order valence-corrected chi connectivity index (χ0v) is 17.3. The van der Waals surface area contributed by atoms with E-state index in [9.17, 15) is 0 Å². The van der Waals surface area contributed by atoms with Gasteiger partial charge in [-0.25, -0.2) is 4.98 Å². The lowest BCUT2D eigenvalue weighted by atomic mass is 9.87. The molecule has 0 atom stereocenters. The molecule has 4 heteroatoms. The molecule has 0 fully saturated rings. The molecule has 2 aromatic heterocycles. The van der Waals surface area contributed by atoms with Crippen molar-refractivity contribution < 1.29 is 4.74 Å². The van der Waals surface area contributed by atoms with Gasteiger partial charge in [0.2, 0.25) is 0 Å². The maximum atomic E-state index is 6.18. The van der Waals surface area contributed by atoms with Gasteiger partial charge in [-0.1, -0.05) is 57.2 Å². The maximum absolute atomic E-state index is 6.18. The lowest BCUT2D eigenvalue weighted by molar-refractivity contribution is 0.488. The van der Waals surface area contributed by atoms with Crippen molar-refractivity contribution in [1.29, 1.82) is 0 Å². The summed E-state index contributed by atoms with van der Waals surface area (Å²) in [6.07, 6.45) is 1.77. The first kappa shape index (κ1) is 18.4. The molecule has 0 saturated carbocycles. The Balaban J connectivity index is 1.47. The first-order valence-electron chi connectivity index (χ1n) is 10.1. The highest BCUT2D eigenvalue weighted by molar-refractivity contribution is 5.85. The number of para-hydroxylation sites is 1. The van der Waals surface area contributed by atoms with E-state index in [2.05, 4.69) is 55.0 Å². The monoisotopic (exact) mass is 393 g/mol. The normalized spacial score (nSPS) is 11.8. The molecule has 0 amide bonds. The van der Waals surface area contributed by atoms with Crippen LogP contribution in [-0.2, 0) is 5.41 Å². The van der Waals surface area contributed by atoms with Gasteiger partial charge in [0, 0.05) is 23.2 Å². The molecular formula is C26H23N3O.